The van der Waals surface area contributed by atoms with Crippen LogP contribution >= 0.6 is 0 Å². The highest BCUT2D eigenvalue weighted by molar-refractivity contribution is 6.07. The molecule has 0 spiro atoms. The summed E-state index contributed by atoms with van der Waals surface area (Å²) in [5.41, 5.74) is 8.44. The van der Waals surface area contributed by atoms with Gasteiger partial charge < -0.3 is 15.4 Å². The topological polar surface area (TPSA) is 75.2 Å². The van der Waals surface area contributed by atoms with Crippen LogP contribution in [0.5, 0.6) is 0 Å². The molecule has 1 saturated heterocycles. The number of ether oxygens (including phenoxy) is 1. The summed E-state index contributed by atoms with van der Waals surface area (Å²) in [5, 5.41) is 8.89. The fraction of sp³-hybridized carbons (Fsp3) is 0.375. The number of rotatable bonds is 3. The van der Waals surface area contributed by atoms with E-state index >= 15 is 0 Å². The largest absolute Gasteiger partial charge is 0.384 e. The van der Waals surface area contributed by atoms with Crippen LogP contribution < -0.4 is 10.6 Å². The Kier molecular flexibility index (Phi) is 3.75. The van der Waals surface area contributed by atoms with Crippen molar-refractivity contribution in [3.05, 3.63) is 36.0 Å². The van der Waals surface area contributed by atoms with E-state index in [1.165, 1.54) is 0 Å². The van der Waals surface area contributed by atoms with Crippen molar-refractivity contribution in [2.24, 2.45) is 5.73 Å². The van der Waals surface area contributed by atoms with Gasteiger partial charge in [0.25, 0.3) is 0 Å². The van der Waals surface area contributed by atoms with E-state index in [1.54, 1.807) is 13.3 Å². The zero-order valence-electron chi connectivity index (χ0n) is 12.2. The van der Waals surface area contributed by atoms with Crippen LogP contribution in [0.4, 0.5) is 5.69 Å². The van der Waals surface area contributed by atoms with Gasteiger partial charge in [-0.05, 0) is 18.9 Å². The minimum Gasteiger partial charge on any atom is -0.384 e. The van der Waals surface area contributed by atoms with Crippen LogP contribution in [-0.4, -0.2) is 37.1 Å². The number of anilines is 1. The molecule has 5 heteroatoms. The number of pyridine rings is 1. The minimum atomic E-state index is 0.0668. The average molecular weight is 284 g/mol. The van der Waals surface area contributed by atoms with Crippen molar-refractivity contribution in [3.8, 4) is 0 Å². The van der Waals surface area contributed by atoms with Crippen molar-refractivity contribution in [2.75, 3.05) is 25.1 Å². The van der Waals surface area contributed by atoms with Crippen molar-refractivity contribution in [1.29, 1.82) is 5.41 Å². The molecule has 0 amide bonds. The molecule has 0 radical (unpaired) electrons. The summed E-state index contributed by atoms with van der Waals surface area (Å²) >= 11 is 0. The van der Waals surface area contributed by atoms with Crippen molar-refractivity contribution >= 4 is 22.4 Å². The second-order valence-corrected chi connectivity index (χ2v) is 5.37. The van der Waals surface area contributed by atoms with Gasteiger partial charge in [0.1, 0.15) is 5.84 Å². The molecule has 1 aliphatic rings. The van der Waals surface area contributed by atoms with Crippen molar-refractivity contribution < 1.29 is 4.74 Å². The normalized spacial score (nSPS) is 16.3. The van der Waals surface area contributed by atoms with Crippen LogP contribution in [-0.2, 0) is 4.74 Å². The standard InChI is InChI=1S/C16H20N4O/c1-21-11-6-8-20(9-7-11)15-12-4-2-3-5-14(12)19-10-13(15)16(17)18/h2-5,10-11H,6-9H2,1H3,(H3,17,18). The lowest BCUT2D eigenvalue weighted by atomic mass is 10.0. The summed E-state index contributed by atoms with van der Waals surface area (Å²) in [6.45, 7) is 1.82. The highest BCUT2D eigenvalue weighted by Gasteiger charge is 2.23. The molecule has 2 aromatic rings. The van der Waals surface area contributed by atoms with Gasteiger partial charge in [-0.1, -0.05) is 18.2 Å². The third-order valence-corrected chi connectivity index (χ3v) is 4.13. The Morgan fingerprint density at radius 2 is 2.05 bits per heavy atom. The number of hydrogen-bond donors (Lipinski definition) is 2. The first-order chi connectivity index (χ1) is 10.2. The number of piperidine rings is 1. The molecular formula is C16H20N4O. The van der Waals surface area contributed by atoms with Crippen LogP contribution in [0, 0.1) is 5.41 Å². The van der Waals surface area contributed by atoms with Crippen LogP contribution in [0.1, 0.15) is 18.4 Å². The Bertz CT molecular complexity index is 662. The van der Waals surface area contributed by atoms with Gasteiger partial charge in [-0.25, -0.2) is 0 Å². The molecular weight excluding hydrogens is 264 g/mol. The van der Waals surface area contributed by atoms with Crippen LogP contribution in [0.3, 0.4) is 0 Å². The molecule has 3 N–H and O–H groups in total. The number of nitrogens with two attached hydrogens (primary N) is 1. The summed E-state index contributed by atoms with van der Waals surface area (Å²) in [7, 11) is 1.77. The maximum atomic E-state index is 7.83. The van der Waals surface area contributed by atoms with Gasteiger partial charge in [0.15, 0.2) is 0 Å². The van der Waals surface area contributed by atoms with Crippen LogP contribution in [0.15, 0.2) is 30.5 Å². The molecule has 1 aromatic heterocycles. The molecule has 21 heavy (non-hydrogen) atoms. The van der Waals surface area contributed by atoms with Gasteiger partial charge in [-0.3, -0.25) is 10.4 Å². The van der Waals surface area contributed by atoms with Crippen molar-refractivity contribution in [2.45, 2.75) is 18.9 Å². The number of nitrogens with zero attached hydrogens (tertiary/aromatic N) is 2. The van der Waals surface area contributed by atoms with E-state index in [9.17, 15) is 0 Å². The van der Waals surface area contributed by atoms with Gasteiger partial charge in [-0.2, -0.15) is 0 Å². The number of aromatic nitrogens is 1. The Morgan fingerprint density at radius 3 is 2.71 bits per heavy atom. The third-order valence-electron chi connectivity index (χ3n) is 4.13. The molecule has 0 bridgehead atoms. The predicted octanol–water partition coefficient (Wildman–Crippen LogP) is 2.13. The Morgan fingerprint density at radius 1 is 1.33 bits per heavy atom. The van der Waals surface area contributed by atoms with Gasteiger partial charge in [-0.15, -0.1) is 0 Å². The molecule has 2 heterocycles. The zero-order chi connectivity index (χ0) is 14.8. The lowest BCUT2D eigenvalue weighted by Gasteiger charge is -2.34. The lowest BCUT2D eigenvalue weighted by molar-refractivity contribution is 0.0819. The molecule has 0 aliphatic carbocycles. The first-order valence-electron chi connectivity index (χ1n) is 7.20. The highest BCUT2D eigenvalue weighted by atomic mass is 16.5. The molecule has 0 unspecified atom stereocenters. The van der Waals surface area contributed by atoms with E-state index in [4.69, 9.17) is 15.9 Å². The molecule has 0 atom stereocenters. The predicted molar refractivity (Wildman–Crippen MR) is 85.0 cm³/mol. The maximum Gasteiger partial charge on any atom is 0.126 e. The quantitative estimate of drug-likeness (QED) is 0.669. The second kappa shape index (κ2) is 5.69. The van der Waals surface area contributed by atoms with Crippen LogP contribution in [0.2, 0.25) is 0 Å². The fourth-order valence-electron chi connectivity index (χ4n) is 2.98. The second-order valence-electron chi connectivity index (χ2n) is 5.37. The SMILES string of the molecule is COC1CCN(c2c(C(=N)N)cnc3ccccc23)CC1. The summed E-state index contributed by atoms with van der Waals surface area (Å²) in [5.74, 6) is 0.0668. The van der Waals surface area contributed by atoms with Gasteiger partial charge in [0, 0.05) is 31.8 Å². The molecule has 0 saturated carbocycles. The number of hydrogen-bond acceptors (Lipinski definition) is 4. The number of methoxy groups -OCH3 is 1. The monoisotopic (exact) mass is 284 g/mol. The fourth-order valence-corrected chi connectivity index (χ4v) is 2.98. The first-order valence-corrected chi connectivity index (χ1v) is 7.20. The van der Waals surface area contributed by atoms with Crippen molar-refractivity contribution in [1.82, 2.24) is 4.98 Å². The molecule has 110 valence electrons. The van der Waals surface area contributed by atoms with Gasteiger partial charge in [0.2, 0.25) is 0 Å². The van der Waals surface area contributed by atoms with E-state index in [2.05, 4.69) is 9.88 Å². The number of para-hydroxylation sites is 1. The summed E-state index contributed by atoms with van der Waals surface area (Å²) in [6.07, 6.45) is 4.02. The van der Waals surface area contributed by atoms with Gasteiger partial charge >= 0.3 is 0 Å². The van der Waals surface area contributed by atoms with E-state index in [0.717, 1.165) is 42.5 Å². The first kappa shape index (κ1) is 13.8. The Balaban J connectivity index is 2.07. The molecule has 1 aromatic carbocycles. The number of fused-ring (bicyclic) bond motifs is 1. The molecule has 5 nitrogen and oxygen atoms in total. The molecule has 1 fully saturated rings. The highest BCUT2D eigenvalue weighted by Crippen LogP contribution is 2.31. The summed E-state index contributed by atoms with van der Waals surface area (Å²) < 4.78 is 5.43. The maximum absolute atomic E-state index is 7.83. The lowest BCUT2D eigenvalue weighted by Crippen LogP contribution is -2.38. The van der Waals surface area contributed by atoms with E-state index in [0.29, 0.717) is 11.7 Å². The van der Waals surface area contributed by atoms with Gasteiger partial charge in [0.05, 0.1) is 22.9 Å². The zero-order valence-corrected chi connectivity index (χ0v) is 12.2. The number of amidine groups is 1. The van der Waals surface area contributed by atoms with Crippen molar-refractivity contribution in [3.63, 3.8) is 0 Å². The Labute approximate surface area is 124 Å². The number of benzene rings is 1. The van der Waals surface area contributed by atoms with E-state index in [-0.39, 0.29) is 5.84 Å². The third kappa shape index (κ3) is 2.56. The smallest absolute Gasteiger partial charge is 0.126 e. The number of nitrogen functional groups attached to an aromatic ring is 1. The molecule has 3 rings (SSSR count). The Hall–Kier alpha value is -2.14. The average Bonchev–Trinajstić information content (AvgIpc) is 2.53. The van der Waals surface area contributed by atoms with E-state index in [1.807, 2.05) is 24.3 Å². The number of nitrogens with one attached hydrogen (secondary N) is 1. The minimum absolute atomic E-state index is 0.0668. The van der Waals surface area contributed by atoms with E-state index < -0.39 is 0 Å². The summed E-state index contributed by atoms with van der Waals surface area (Å²) in [4.78, 5) is 6.72. The summed E-state index contributed by atoms with van der Waals surface area (Å²) in [6, 6.07) is 8.01. The molecule has 1 aliphatic heterocycles. The van der Waals surface area contributed by atoms with Crippen LogP contribution in [0.25, 0.3) is 10.9 Å².